The smallest absolute Gasteiger partial charge is 0.313 e. The molecular weight excluding hydrogens is 539 g/mol. The van der Waals surface area contributed by atoms with Crippen LogP contribution in [0.15, 0.2) is 72.9 Å². The number of anilines is 1. The van der Waals surface area contributed by atoms with Crippen molar-refractivity contribution in [2.24, 2.45) is 5.92 Å². The maximum absolute atomic E-state index is 15.0. The lowest BCUT2D eigenvalue weighted by Crippen LogP contribution is -2.36. The first-order valence-corrected chi connectivity index (χ1v) is 13.9. The Labute approximate surface area is 243 Å². The van der Waals surface area contributed by atoms with Crippen LogP contribution < -0.4 is 30.2 Å². The van der Waals surface area contributed by atoms with Gasteiger partial charge in [-0.1, -0.05) is 30.3 Å². The molecule has 1 aliphatic heterocycles. The second-order valence-electron chi connectivity index (χ2n) is 10.0. The first kappa shape index (κ1) is 28.8. The summed E-state index contributed by atoms with van der Waals surface area (Å²) in [6, 6.07) is 18.7. The number of piperidine rings is 1. The Balaban J connectivity index is 1.22. The molecule has 3 N–H and O–H groups in total. The summed E-state index contributed by atoms with van der Waals surface area (Å²) in [6.45, 7) is 2.86. The Bertz CT molecular complexity index is 1540. The van der Waals surface area contributed by atoms with Gasteiger partial charge in [0.1, 0.15) is 5.75 Å². The van der Waals surface area contributed by atoms with E-state index in [1.807, 2.05) is 30.3 Å². The van der Waals surface area contributed by atoms with Gasteiger partial charge in [-0.15, -0.1) is 0 Å². The quantitative estimate of drug-likeness (QED) is 0.233. The Morgan fingerprint density at radius 1 is 0.952 bits per heavy atom. The maximum atomic E-state index is 15.0. The summed E-state index contributed by atoms with van der Waals surface area (Å²) >= 11 is 0. The molecule has 9 nitrogen and oxygen atoms in total. The van der Waals surface area contributed by atoms with Crippen LogP contribution in [0, 0.1) is 11.7 Å². The number of rotatable bonds is 10. The molecule has 1 fully saturated rings. The summed E-state index contributed by atoms with van der Waals surface area (Å²) in [7, 11) is 1.56. The summed E-state index contributed by atoms with van der Waals surface area (Å²) in [5.74, 6) is -0.507. The molecule has 0 radical (unpaired) electrons. The van der Waals surface area contributed by atoms with E-state index in [0.717, 1.165) is 37.6 Å². The molecule has 1 saturated heterocycles. The number of benzene rings is 3. The molecule has 0 saturated carbocycles. The van der Waals surface area contributed by atoms with Crippen molar-refractivity contribution in [1.82, 2.24) is 15.6 Å². The number of methoxy groups -OCH3 is 1. The fourth-order valence-corrected chi connectivity index (χ4v) is 4.76. The second kappa shape index (κ2) is 13.8. The number of carbonyl (C=O) groups is 2. The molecule has 2 heterocycles. The van der Waals surface area contributed by atoms with Gasteiger partial charge in [-0.3, -0.25) is 14.6 Å². The minimum atomic E-state index is -0.887. The van der Waals surface area contributed by atoms with Crippen LogP contribution in [0.1, 0.15) is 18.4 Å². The number of carbonyl (C=O) groups excluding carboxylic acids is 2. The highest BCUT2D eigenvalue weighted by molar-refractivity contribution is 6.39. The highest BCUT2D eigenvalue weighted by atomic mass is 19.1. The fraction of sp³-hybridized carbons (Fsp3) is 0.281. The predicted molar refractivity (Wildman–Crippen MR) is 158 cm³/mol. The van der Waals surface area contributed by atoms with Crippen LogP contribution in [0.5, 0.6) is 23.0 Å². The zero-order chi connectivity index (χ0) is 29.3. The number of hydrogen-bond donors (Lipinski definition) is 3. The summed E-state index contributed by atoms with van der Waals surface area (Å²) in [6.07, 6.45) is 4.27. The largest absolute Gasteiger partial charge is 0.493 e. The lowest BCUT2D eigenvalue weighted by molar-refractivity contribution is -0.136. The fourth-order valence-electron chi connectivity index (χ4n) is 4.76. The van der Waals surface area contributed by atoms with E-state index in [4.69, 9.17) is 14.2 Å². The number of hydrogen-bond acceptors (Lipinski definition) is 7. The van der Waals surface area contributed by atoms with Gasteiger partial charge in [-0.25, -0.2) is 4.39 Å². The van der Waals surface area contributed by atoms with Crippen LogP contribution in [0.25, 0.3) is 10.9 Å². The van der Waals surface area contributed by atoms with E-state index in [0.29, 0.717) is 53.6 Å². The van der Waals surface area contributed by atoms with Gasteiger partial charge >= 0.3 is 11.8 Å². The maximum Gasteiger partial charge on any atom is 0.313 e. The molecular formula is C32H33FN4O5. The van der Waals surface area contributed by atoms with Crippen molar-refractivity contribution >= 4 is 28.4 Å². The Morgan fingerprint density at radius 2 is 1.76 bits per heavy atom. The number of ether oxygens (including phenoxy) is 3. The first-order valence-electron chi connectivity index (χ1n) is 13.9. The highest BCUT2D eigenvalue weighted by Crippen LogP contribution is 2.38. The Morgan fingerprint density at radius 3 is 2.52 bits per heavy atom. The molecule has 4 aromatic rings. The third-order valence-corrected chi connectivity index (χ3v) is 7.08. The van der Waals surface area contributed by atoms with Crippen molar-refractivity contribution in [3.8, 4) is 23.0 Å². The molecule has 0 atom stereocenters. The molecule has 0 bridgehead atoms. The lowest BCUT2D eigenvalue weighted by Gasteiger charge is -2.23. The molecule has 1 aromatic heterocycles. The average molecular weight is 573 g/mol. The van der Waals surface area contributed by atoms with Crippen molar-refractivity contribution in [2.45, 2.75) is 19.3 Å². The third-order valence-electron chi connectivity index (χ3n) is 7.08. The highest BCUT2D eigenvalue weighted by Gasteiger charge is 2.18. The van der Waals surface area contributed by atoms with E-state index in [1.54, 1.807) is 31.5 Å². The van der Waals surface area contributed by atoms with Crippen molar-refractivity contribution in [3.63, 3.8) is 0 Å². The Hall–Kier alpha value is -4.70. The predicted octanol–water partition coefficient (Wildman–Crippen LogP) is 4.85. The van der Waals surface area contributed by atoms with Gasteiger partial charge in [0.15, 0.2) is 23.1 Å². The first-order chi connectivity index (χ1) is 20.5. The van der Waals surface area contributed by atoms with Crippen LogP contribution in [0.2, 0.25) is 0 Å². The summed E-state index contributed by atoms with van der Waals surface area (Å²) in [5.41, 5.74) is 1.77. The van der Waals surface area contributed by atoms with Crippen molar-refractivity contribution in [3.05, 3.63) is 84.3 Å². The molecule has 218 valence electrons. The molecule has 2 amide bonds. The molecule has 10 heteroatoms. The number of nitrogens with one attached hydrogen (secondary N) is 3. The van der Waals surface area contributed by atoms with Crippen LogP contribution in [-0.4, -0.2) is 50.1 Å². The standard InChI is InChI=1S/C32H33FN4O5/c1-40-29-18-24-26(19-30(29)41-20-22-9-13-34-14-10-22)35-16-12-27(24)42-28-8-7-23(17-25(28)33)37-32(39)31(38)36-15-11-21-5-3-2-4-6-21/h2-8,12,16-19,22,34H,9-11,13-15,20H2,1H3,(H,36,38)(H,37,39). The molecule has 1 aliphatic rings. The molecule has 0 aliphatic carbocycles. The van der Waals surface area contributed by atoms with Gasteiger partial charge in [-0.2, -0.15) is 0 Å². The zero-order valence-electron chi connectivity index (χ0n) is 23.3. The monoisotopic (exact) mass is 572 g/mol. The summed E-state index contributed by atoms with van der Waals surface area (Å²) in [4.78, 5) is 28.9. The van der Waals surface area contributed by atoms with Gasteiger partial charge in [0, 0.05) is 35.9 Å². The van der Waals surface area contributed by atoms with E-state index in [2.05, 4.69) is 20.9 Å². The second-order valence-corrected chi connectivity index (χ2v) is 10.0. The minimum absolute atomic E-state index is 0.0574. The van der Waals surface area contributed by atoms with Crippen molar-refractivity contribution < 1.29 is 28.2 Å². The van der Waals surface area contributed by atoms with E-state index in [1.165, 1.54) is 12.1 Å². The van der Waals surface area contributed by atoms with Gasteiger partial charge < -0.3 is 30.2 Å². The molecule has 5 rings (SSSR count). The average Bonchev–Trinajstić information content (AvgIpc) is 3.02. The van der Waals surface area contributed by atoms with E-state index in [-0.39, 0.29) is 11.4 Å². The Kier molecular flexibility index (Phi) is 9.45. The van der Waals surface area contributed by atoms with Crippen LogP contribution in [-0.2, 0) is 16.0 Å². The van der Waals surface area contributed by atoms with Crippen LogP contribution >= 0.6 is 0 Å². The number of fused-ring (bicyclic) bond motifs is 1. The molecule has 3 aromatic carbocycles. The van der Waals surface area contributed by atoms with Crippen LogP contribution in [0.4, 0.5) is 10.1 Å². The number of pyridine rings is 1. The molecule has 0 unspecified atom stereocenters. The third kappa shape index (κ3) is 7.32. The normalized spacial score (nSPS) is 13.4. The van der Waals surface area contributed by atoms with Gasteiger partial charge in [0.2, 0.25) is 0 Å². The van der Waals surface area contributed by atoms with Gasteiger partial charge in [0.25, 0.3) is 0 Å². The lowest BCUT2D eigenvalue weighted by atomic mass is 9.99. The van der Waals surface area contributed by atoms with Gasteiger partial charge in [0.05, 0.1) is 19.2 Å². The SMILES string of the molecule is COc1cc2c(Oc3ccc(NC(=O)C(=O)NCCc4ccccc4)cc3F)ccnc2cc1OCC1CCNCC1. The van der Waals surface area contributed by atoms with Crippen molar-refractivity contribution in [1.29, 1.82) is 0 Å². The number of aromatic nitrogens is 1. The number of amides is 2. The number of halogens is 1. The number of nitrogens with zero attached hydrogens (tertiary/aromatic N) is 1. The van der Waals surface area contributed by atoms with Crippen LogP contribution in [0.3, 0.4) is 0 Å². The summed E-state index contributed by atoms with van der Waals surface area (Å²) < 4.78 is 32.6. The molecule has 0 spiro atoms. The molecule has 42 heavy (non-hydrogen) atoms. The van der Waals surface area contributed by atoms with Crippen molar-refractivity contribution in [2.75, 3.05) is 38.7 Å². The van der Waals surface area contributed by atoms with E-state index >= 15 is 4.39 Å². The summed E-state index contributed by atoms with van der Waals surface area (Å²) in [5, 5.41) is 8.96. The zero-order valence-corrected chi connectivity index (χ0v) is 23.3. The van der Waals surface area contributed by atoms with E-state index < -0.39 is 17.6 Å². The topological polar surface area (TPSA) is 111 Å². The van der Waals surface area contributed by atoms with Gasteiger partial charge in [-0.05, 0) is 68.1 Å². The van der Waals surface area contributed by atoms with E-state index in [9.17, 15) is 9.59 Å². The minimum Gasteiger partial charge on any atom is -0.493 e.